The molecule has 1 aliphatic heterocycles. The van der Waals surface area contributed by atoms with E-state index in [-0.39, 0.29) is 5.91 Å². The van der Waals surface area contributed by atoms with Crippen LogP contribution < -0.4 is 0 Å². The first-order chi connectivity index (χ1) is 5.20. The van der Waals surface area contributed by atoms with Crippen LogP contribution in [0.2, 0.25) is 0 Å². The Morgan fingerprint density at radius 1 is 1.73 bits per heavy atom. The van der Waals surface area contributed by atoms with Crippen molar-refractivity contribution in [2.45, 2.75) is 20.3 Å². The molecule has 11 heavy (non-hydrogen) atoms. The first-order valence-electron chi connectivity index (χ1n) is 3.68. The van der Waals surface area contributed by atoms with Gasteiger partial charge in [-0.2, -0.15) is 5.10 Å². The van der Waals surface area contributed by atoms with Crippen LogP contribution in [0.3, 0.4) is 0 Å². The van der Waals surface area contributed by atoms with Gasteiger partial charge in [-0.1, -0.05) is 5.57 Å². The van der Waals surface area contributed by atoms with Crippen molar-refractivity contribution in [2.24, 2.45) is 5.10 Å². The van der Waals surface area contributed by atoms with Crippen molar-refractivity contribution in [3.63, 3.8) is 0 Å². The summed E-state index contributed by atoms with van der Waals surface area (Å²) in [5.41, 5.74) is 1.26. The van der Waals surface area contributed by atoms with E-state index in [9.17, 15) is 4.79 Å². The average molecular weight is 152 g/mol. The SMILES string of the molecule is CC(=O)N1CCC(C)=CC=N1. The van der Waals surface area contributed by atoms with E-state index in [2.05, 4.69) is 5.10 Å². The number of hydrazone groups is 1. The minimum absolute atomic E-state index is 0.00403. The first kappa shape index (κ1) is 7.98. The molecule has 0 unspecified atom stereocenters. The average Bonchev–Trinajstić information content (AvgIpc) is 2.13. The Morgan fingerprint density at radius 2 is 2.45 bits per heavy atom. The van der Waals surface area contributed by atoms with Gasteiger partial charge >= 0.3 is 0 Å². The molecule has 0 aromatic rings. The fraction of sp³-hybridized carbons (Fsp3) is 0.500. The van der Waals surface area contributed by atoms with Crippen LogP contribution in [-0.2, 0) is 4.79 Å². The van der Waals surface area contributed by atoms with Crippen molar-refractivity contribution >= 4 is 12.1 Å². The monoisotopic (exact) mass is 152 g/mol. The molecule has 0 aromatic heterocycles. The summed E-state index contributed by atoms with van der Waals surface area (Å²) in [6.45, 7) is 4.27. The number of hydrogen-bond acceptors (Lipinski definition) is 2. The molecule has 0 bridgehead atoms. The van der Waals surface area contributed by atoms with Crippen molar-refractivity contribution in [3.05, 3.63) is 11.6 Å². The maximum absolute atomic E-state index is 10.8. The number of rotatable bonds is 0. The fourth-order valence-electron chi connectivity index (χ4n) is 0.903. The summed E-state index contributed by atoms with van der Waals surface area (Å²) < 4.78 is 0. The second kappa shape index (κ2) is 3.32. The lowest BCUT2D eigenvalue weighted by atomic mass is 10.2. The van der Waals surface area contributed by atoms with Crippen molar-refractivity contribution < 1.29 is 4.79 Å². The minimum atomic E-state index is 0.00403. The number of carbonyl (C=O) groups is 1. The van der Waals surface area contributed by atoms with E-state index in [1.165, 1.54) is 17.5 Å². The second-order valence-electron chi connectivity index (χ2n) is 2.67. The van der Waals surface area contributed by atoms with E-state index >= 15 is 0 Å². The first-order valence-corrected chi connectivity index (χ1v) is 3.68. The maximum atomic E-state index is 10.8. The van der Waals surface area contributed by atoms with Crippen LogP contribution in [0.25, 0.3) is 0 Å². The Morgan fingerprint density at radius 3 is 3.09 bits per heavy atom. The highest BCUT2D eigenvalue weighted by atomic mass is 16.2. The van der Waals surface area contributed by atoms with E-state index in [0.717, 1.165) is 6.42 Å². The summed E-state index contributed by atoms with van der Waals surface area (Å²) in [6.07, 6.45) is 4.52. The molecule has 0 N–H and O–H groups in total. The van der Waals surface area contributed by atoms with E-state index in [1.807, 2.05) is 13.0 Å². The molecule has 1 amide bonds. The standard InChI is InChI=1S/C8H12N2O/c1-7-3-5-9-10(6-4-7)8(2)11/h3,5H,4,6H2,1-2H3. The van der Waals surface area contributed by atoms with Gasteiger partial charge < -0.3 is 0 Å². The van der Waals surface area contributed by atoms with E-state index < -0.39 is 0 Å². The Hall–Kier alpha value is -1.12. The zero-order chi connectivity index (χ0) is 8.27. The van der Waals surface area contributed by atoms with Gasteiger partial charge in [-0.05, 0) is 19.4 Å². The predicted molar refractivity (Wildman–Crippen MR) is 44.3 cm³/mol. The molecule has 0 aromatic carbocycles. The van der Waals surface area contributed by atoms with Crippen LogP contribution in [0.1, 0.15) is 20.3 Å². The van der Waals surface area contributed by atoms with Gasteiger partial charge in [-0.3, -0.25) is 4.79 Å². The van der Waals surface area contributed by atoms with Crippen molar-refractivity contribution in [1.82, 2.24) is 5.01 Å². The molecule has 0 saturated heterocycles. The molecule has 60 valence electrons. The Labute approximate surface area is 66.4 Å². The summed E-state index contributed by atoms with van der Waals surface area (Å²) in [5.74, 6) is 0.00403. The summed E-state index contributed by atoms with van der Waals surface area (Å²) >= 11 is 0. The van der Waals surface area contributed by atoms with Gasteiger partial charge in [0.25, 0.3) is 0 Å². The molecule has 0 atom stereocenters. The fourth-order valence-corrected chi connectivity index (χ4v) is 0.903. The summed E-state index contributed by atoms with van der Waals surface area (Å²) in [7, 11) is 0. The largest absolute Gasteiger partial charge is 0.273 e. The normalized spacial score (nSPS) is 17.6. The van der Waals surface area contributed by atoms with Crippen molar-refractivity contribution in [2.75, 3.05) is 6.54 Å². The highest BCUT2D eigenvalue weighted by Gasteiger charge is 2.07. The molecule has 3 heteroatoms. The Bertz CT molecular complexity index is 218. The predicted octanol–water partition coefficient (Wildman–Crippen LogP) is 1.17. The van der Waals surface area contributed by atoms with Crippen LogP contribution in [-0.4, -0.2) is 23.7 Å². The highest BCUT2D eigenvalue weighted by Crippen LogP contribution is 2.05. The highest BCUT2D eigenvalue weighted by molar-refractivity contribution is 5.77. The van der Waals surface area contributed by atoms with Crippen molar-refractivity contribution in [3.8, 4) is 0 Å². The number of amides is 1. The van der Waals surface area contributed by atoms with E-state index in [0.29, 0.717) is 6.54 Å². The summed E-state index contributed by atoms with van der Waals surface area (Å²) in [6, 6.07) is 0. The molecule has 0 fully saturated rings. The molecule has 1 heterocycles. The molecule has 0 saturated carbocycles. The van der Waals surface area contributed by atoms with Crippen LogP contribution in [0.15, 0.2) is 16.8 Å². The zero-order valence-corrected chi connectivity index (χ0v) is 6.87. The quantitative estimate of drug-likeness (QED) is 0.513. The number of nitrogens with zero attached hydrogens (tertiary/aromatic N) is 2. The molecule has 0 radical (unpaired) electrons. The Balaban J connectivity index is 2.61. The summed E-state index contributed by atoms with van der Waals surface area (Å²) in [4.78, 5) is 10.8. The van der Waals surface area contributed by atoms with Crippen LogP contribution in [0.4, 0.5) is 0 Å². The van der Waals surface area contributed by atoms with E-state index in [4.69, 9.17) is 0 Å². The van der Waals surface area contributed by atoms with E-state index in [1.54, 1.807) is 6.21 Å². The number of hydrogen-bond donors (Lipinski definition) is 0. The number of carbonyl (C=O) groups excluding carboxylic acids is 1. The lowest BCUT2D eigenvalue weighted by molar-refractivity contribution is -0.128. The van der Waals surface area contributed by atoms with Gasteiger partial charge in [0.2, 0.25) is 5.91 Å². The lowest BCUT2D eigenvalue weighted by Crippen LogP contribution is -2.23. The van der Waals surface area contributed by atoms with Crippen molar-refractivity contribution in [1.29, 1.82) is 0 Å². The molecular weight excluding hydrogens is 140 g/mol. The molecule has 1 aliphatic rings. The second-order valence-corrected chi connectivity index (χ2v) is 2.67. The molecule has 3 nitrogen and oxygen atoms in total. The molecular formula is C8H12N2O. The number of allylic oxidation sites excluding steroid dienone is 1. The summed E-state index contributed by atoms with van der Waals surface area (Å²) in [5, 5.41) is 5.43. The topological polar surface area (TPSA) is 32.7 Å². The van der Waals surface area contributed by atoms with Gasteiger partial charge in [0.1, 0.15) is 0 Å². The van der Waals surface area contributed by atoms with Gasteiger partial charge in [-0.15, -0.1) is 0 Å². The third-order valence-corrected chi connectivity index (χ3v) is 1.65. The Kier molecular flexibility index (Phi) is 2.41. The molecule has 0 spiro atoms. The lowest BCUT2D eigenvalue weighted by Gasteiger charge is -2.11. The molecule has 1 rings (SSSR count). The van der Waals surface area contributed by atoms with Gasteiger partial charge in [0.15, 0.2) is 0 Å². The van der Waals surface area contributed by atoms with Gasteiger partial charge in [-0.25, -0.2) is 5.01 Å². The maximum Gasteiger partial charge on any atom is 0.239 e. The molecule has 0 aliphatic carbocycles. The smallest absolute Gasteiger partial charge is 0.239 e. The third kappa shape index (κ3) is 2.18. The van der Waals surface area contributed by atoms with Crippen LogP contribution in [0.5, 0.6) is 0 Å². The van der Waals surface area contributed by atoms with Crippen LogP contribution >= 0.6 is 0 Å². The van der Waals surface area contributed by atoms with Crippen LogP contribution in [0, 0.1) is 0 Å². The zero-order valence-electron chi connectivity index (χ0n) is 6.87. The van der Waals surface area contributed by atoms with Gasteiger partial charge in [0.05, 0.1) is 0 Å². The van der Waals surface area contributed by atoms with Gasteiger partial charge in [0, 0.05) is 19.7 Å². The third-order valence-electron chi connectivity index (χ3n) is 1.65. The minimum Gasteiger partial charge on any atom is -0.273 e.